The van der Waals surface area contributed by atoms with Gasteiger partial charge in [0.25, 0.3) is 0 Å². The van der Waals surface area contributed by atoms with Crippen LogP contribution in [-0.2, 0) is 4.74 Å². The molecule has 140 valence electrons. The summed E-state index contributed by atoms with van der Waals surface area (Å²) >= 11 is 0. The lowest BCUT2D eigenvalue weighted by Crippen LogP contribution is -2.36. The lowest BCUT2D eigenvalue weighted by molar-refractivity contribution is 0.122. The number of hydrogen-bond acceptors (Lipinski definition) is 5. The van der Waals surface area contributed by atoms with Crippen LogP contribution in [0, 0.1) is 6.92 Å². The predicted molar refractivity (Wildman–Crippen MR) is 110 cm³/mol. The van der Waals surface area contributed by atoms with Gasteiger partial charge in [-0.05, 0) is 36.2 Å². The molecule has 1 aromatic carbocycles. The van der Waals surface area contributed by atoms with E-state index in [0.29, 0.717) is 0 Å². The Labute approximate surface area is 163 Å². The Morgan fingerprint density at radius 1 is 1.00 bits per heavy atom. The predicted octanol–water partition coefficient (Wildman–Crippen LogP) is 3.83. The van der Waals surface area contributed by atoms with E-state index in [9.17, 15) is 0 Å². The number of rotatable bonds is 3. The SMILES string of the molecule is Cc1ccc(-c2cc(N3CCOCC3)nc3c(-c4ccn[nH]4)nccc23)cc1. The van der Waals surface area contributed by atoms with Gasteiger partial charge in [0.1, 0.15) is 17.0 Å². The number of morpholine rings is 1. The number of nitrogens with zero attached hydrogens (tertiary/aromatic N) is 4. The standard InChI is InChI=1S/C22H21N5O/c1-15-2-4-16(5-3-15)18-14-20(27-10-12-28-13-11-27)25-21-17(18)6-8-23-22(21)19-7-9-24-26-19/h2-9,14H,10-13H2,1H3,(H,24,26). The molecule has 0 atom stereocenters. The van der Waals surface area contributed by atoms with Crippen molar-refractivity contribution >= 4 is 16.7 Å². The maximum absolute atomic E-state index is 5.52. The van der Waals surface area contributed by atoms with E-state index in [1.165, 1.54) is 11.1 Å². The van der Waals surface area contributed by atoms with Gasteiger partial charge in [0, 0.05) is 30.9 Å². The molecule has 3 aromatic heterocycles. The molecule has 0 bridgehead atoms. The fraction of sp³-hybridized carbons (Fsp3) is 0.227. The number of anilines is 1. The maximum Gasteiger partial charge on any atom is 0.130 e. The average molecular weight is 371 g/mol. The minimum Gasteiger partial charge on any atom is -0.378 e. The van der Waals surface area contributed by atoms with Crippen LogP contribution in [0.3, 0.4) is 0 Å². The number of aromatic amines is 1. The number of ether oxygens (including phenoxy) is 1. The van der Waals surface area contributed by atoms with Crippen molar-refractivity contribution in [3.05, 3.63) is 60.4 Å². The van der Waals surface area contributed by atoms with Crippen LogP contribution in [0.15, 0.2) is 54.9 Å². The molecular weight excluding hydrogens is 350 g/mol. The zero-order valence-electron chi connectivity index (χ0n) is 15.7. The van der Waals surface area contributed by atoms with Crippen LogP contribution in [0.4, 0.5) is 5.82 Å². The lowest BCUT2D eigenvalue weighted by Gasteiger charge is -2.28. The van der Waals surface area contributed by atoms with E-state index in [-0.39, 0.29) is 0 Å². The van der Waals surface area contributed by atoms with Gasteiger partial charge in [-0.1, -0.05) is 29.8 Å². The van der Waals surface area contributed by atoms with Gasteiger partial charge >= 0.3 is 0 Å². The van der Waals surface area contributed by atoms with E-state index >= 15 is 0 Å². The summed E-state index contributed by atoms with van der Waals surface area (Å²) < 4.78 is 5.52. The second-order valence-corrected chi connectivity index (χ2v) is 7.02. The second kappa shape index (κ2) is 7.05. The maximum atomic E-state index is 5.52. The van der Waals surface area contributed by atoms with Crippen molar-refractivity contribution in [2.24, 2.45) is 0 Å². The van der Waals surface area contributed by atoms with Crippen LogP contribution in [0.1, 0.15) is 5.56 Å². The molecule has 28 heavy (non-hydrogen) atoms. The highest BCUT2D eigenvalue weighted by atomic mass is 16.5. The smallest absolute Gasteiger partial charge is 0.130 e. The van der Waals surface area contributed by atoms with E-state index < -0.39 is 0 Å². The summed E-state index contributed by atoms with van der Waals surface area (Å²) in [5, 5.41) is 8.20. The number of nitrogens with one attached hydrogen (secondary N) is 1. The molecule has 4 aromatic rings. The van der Waals surface area contributed by atoms with Crippen LogP contribution in [0.25, 0.3) is 33.4 Å². The minimum atomic E-state index is 0.722. The van der Waals surface area contributed by atoms with Gasteiger partial charge in [-0.25, -0.2) is 4.98 Å². The first-order valence-corrected chi connectivity index (χ1v) is 9.49. The molecule has 6 nitrogen and oxygen atoms in total. The number of benzene rings is 1. The molecular formula is C22H21N5O. The van der Waals surface area contributed by atoms with Crippen LogP contribution < -0.4 is 4.90 Å². The van der Waals surface area contributed by atoms with Crippen molar-refractivity contribution in [2.75, 3.05) is 31.2 Å². The molecule has 0 amide bonds. The highest BCUT2D eigenvalue weighted by Crippen LogP contribution is 2.35. The summed E-state index contributed by atoms with van der Waals surface area (Å²) in [4.78, 5) is 11.9. The zero-order chi connectivity index (χ0) is 18.9. The number of fused-ring (bicyclic) bond motifs is 1. The first kappa shape index (κ1) is 16.9. The van der Waals surface area contributed by atoms with Crippen molar-refractivity contribution in [1.29, 1.82) is 0 Å². The largest absolute Gasteiger partial charge is 0.378 e. The van der Waals surface area contributed by atoms with Gasteiger partial charge < -0.3 is 9.64 Å². The summed E-state index contributed by atoms with van der Waals surface area (Å²) in [6.07, 6.45) is 3.58. The fourth-order valence-corrected chi connectivity index (χ4v) is 3.65. The van der Waals surface area contributed by atoms with Crippen molar-refractivity contribution < 1.29 is 4.74 Å². The van der Waals surface area contributed by atoms with Gasteiger partial charge in [-0.3, -0.25) is 10.1 Å². The molecule has 0 aliphatic carbocycles. The molecule has 0 spiro atoms. The first-order chi connectivity index (χ1) is 13.8. The molecule has 5 rings (SSSR count). The highest BCUT2D eigenvalue weighted by molar-refractivity contribution is 6.01. The van der Waals surface area contributed by atoms with Crippen LogP contribution in [0.2, 0.25) is 0 Å². The molecule has 1 fully saturated rings. The van der Waals surface area contributed by atoms with E-state index in [4.69, 9.17) is 9.72 Å². The zero-order valence-corrected chi connectivity index (χ0v) is 15.7. The van der Waals surface area contributed by atoms with Crippen molar-refractivity contribution in [3.63, 3.8) is 0 Å². The van der Waals surface area contributed by atoms with E-state index in [1.807, 2.05) is 18.3 Å². The summed E-state index contributed by atoms with van der Waals surface area (Å²) in [7, 11) is 0. The first-order valence-electron chi connectivity index (χ1n) is 9.49. The molecule has 4 heterocycles. The van der Waals surface area contributed by atoms with Crippen LogP contribution >= 0.6 is 0 Å². The summed E-state index contributed by atoms with van der Waals surface area (Å²) in [5.41, 5.74) is 6.15. The monoisotopic (exact) mass is 371 g/mol. The molecule has 1 saturated heterocycles. The molecule has 1 aliphatic heterocycles. The molecule has 0 radical (unpaired) electrons. The third kappa shape index (κ3) is 3.01. The van der Waals surface area contributed by atoms with Gasteiger partial charge in [-0.15, -0.1) is 0 Å². The summed E-state index contributed by atoms with van der Waals surface area (Å²) in [6.45, 7) is 5.23. The van der Waals surface area contributed by atoms with Gasteiger partial charge in [0.15, 0.2) is 0 Å². The Kier molecular flexibility index (Phi) is 4.25. The topological polar surface area (TPSA) is 66.9 Å². The Hall–Kier alpha value is -3.25. The number of hydrogen-bond donors (Lipinski definition) is 1. The number of pyridine rings is 2. The van der Waals surface area contributed by atoms with Crippen molar-refractivity contribution in [1.82, 2.24) is 20.2 Å². The quantitative estimate of drug-likeness (QED) is 0.593. The number of aryl methyl sites for hydroxylation is 1. The molecule has 1 N–H and O–H groups in total. The Balaban J connectivity index is 1.76. The van der Waals surface area contributed by atoms with E-state index in [0.717, 1.165) is 60.0 Å². The molecule has 0 saturated carbocycles. The van der Waals surface area contributed by atoms with Crippen molar-refractivity contribution in [3.8, 4) is 22.5 Å². The number of H-pyrrole nitrogens is 1. The molecule has 0 unspecified atom stereocenters. The van der Waals surface area contributed by atoms with E-state index in [1.54, 1.807) is 6.20 Å². The van der Waals surface area contributed by atoms with Gasteiger partial charge in [0.05, 0.1) is 18.9 Å². The van der Waals surface area contributed by atoms with Gasteiger partial charge in [0.2, 0.25) is 0 Å². The van der Waals surface area contributed by atoms with Crippen LogP contribution in [0.5, 0.6) is 0 Å². The second-order valence-electron chi connectivity index (χ2n) is 7.02. The Bertz CT molecular complexity index is 1100. The summed E-state index contributed by atoms with van der Waals surface area (Å²) in [6, 6.07) is 14.8. The minimum absolute atomic E-state index is 0.722. The third-order valence-corrected chi connectivity index (χ3v) is 5.17. The Morgan fingerprint density at radius 2 is 1.82 bits per heavy atom. The molecule has 6 heteroatoms. The Morgan fingerprint density at radius 3 is 2.57 bits per heavy atom. The normalized spacial score (nSPS) is 14.5. The fourth-order valence-electron chi connectivity index (χ4n) is 3.65. The van der Waals surface area contributed by atoms with Crippen molar-refractivity contribution in [2.45, 2.75) is 6.92 Å². The molecule has 1 aliphatic rings. The summed E-state index contributed by atoms with van der Waals surface area (Å²) in [5.74, 6) is 0.958. The van der Waals surface area contributed by atoms with E-state index in [2.05, 4.69) is 57.3 Å². The van der Waals surface area contributed by atoms with Gasteiger partial charge in [-0.2, -0.15) is 5.10 Å². The third-order valence-electron chi connectivity index (χ3n) is 5.17. The van der Waals surface area contributed by atoms with Crippen LogP contribution in [-0.4, -0.2) is 46.5 Å². The average Bonchev–Trinajstić information content (AvgIpc) is 3.28. The lowest BCUT2D eigenvalue weighted by atomic mass is 9.99. The highest BCUT2D eigenvalue weighted by Gasteiger charge is 2.18. The number of aromatic nitrogens is 4.